The Morgan fingerprint density at radius 2 is 1.20 bits per heavy atom. The molecule has 0 aliphatic heterocycles. The van der Waals surface area contributed by atoms with E-state index in [2.05, 4.69) is 65.0 Å². The van der Waals surface area contributed by atoms with Crippen LogP contribution in [0, 0.1) is 0 Å². The summed E-state index contributed by atoms with van der Waals surface area (Å²) in [7, 11) is 0. The van der Waals surface area contributed by atoms with Crippen LogP contribution in [0.15, 0.2) is 47.1 Å². The standard InChI is InChI=1S/C20H34/c1-6-8-9-10-13-19(4)16-12-17-20(5)15-11-14-18(3)7-2/h7-9,15-16H,6,10-14,17H2,1-5H3. The first kappa shape index (κ1) is 19.0. The molecular formula is C20H34. The lowest BCUT2D eigenvalue weighted by Gasteiger charge is -2.02. The molecule has 0 aliphatic carbocycles. The van der Waals surface area contributed by atoms with Gasteiger partial charge in [-0.25, -0.2) is 0 Å². The van der Waals surface area contributed by atoms with Crippen LogP contribution in [0.3, 0.4) is 0 Å². The normalized spacial score (nSPS) is 14.3. The van der Waals surface area contributed by atoms with Crippen molar-refractivity contribution in [3.8, 4) is 0 Å². The van der Waals surface area contributed by atoms with Gasteiger partial charge in [-0.2, -0.15) is 0 Å². The van der Waals surface area contributed by atoms with Crippen LogP contribution in [0.2, 0.25) is 0 Å². The smallest absolute Gasteiger partial charge is 0.0288 e. The molecule has 114 valence electrons. The van der Waals surface area contributed by atoms with Crippen molar-refractivity contribution in [3.05, 3.63) is 47.1 Å². The van der Waals surface area contributed by atoms with Crippen molar-refractivity contribution in [1.29, 1.82) is 0 Å². The number of hydrogen-bond acceptors (Lipinski definition) is 0. The molecule has 0 aliphatic rings. The van der Waals surface area contributed by atoms with Crippen molar-refractivity contribution in [1.82, 2.24) is 0 Å². The SMILES string of the molecule is CC=C(C)CCC=C(C)CCC=C(C)CCC=CCC. The molecular weight excluding hydrogens is 240 g/mol. The molecule has 0 N–H and O–H groups in total. The molecule has 0 rings (SSSR count). The summed E-state index contributed by atoms with van der Waals surface area (Å²) in [6, 6.07) is 0. The summed E-state index contributed by atoms with van der Waals surface area (Å²) in [5.74, 6) is 0. The maximum absolute atomic E-state index is 2.41. The fourth-order valence-corrected chi connectivity index (χ4v) is 2.04. The van der Waals surface area contributed by atoms with E-state index in [4.69, 9.17) is 0 Å². The van der Waals surface area contributed by atoms with E-state index in [1.54, 1.807) is 0 Å². The summed E-state index contributed by atoms with van der Waals surface area (Å²) in [5.41, 5.74) is 4.55. The average molecular weight is 274 g/mol. The van der Waals surface area contributed by atoms with Crippen molar-refractivity contribution in [3.63, 3.8) is 0 Å². The molecule has 0 bridgehead atoms. The third-order valence-corrected chi connectivity index (χ3v) is 3.66. The van der Waals surface area contributed by atoms with Crippen LogP contribution >= 0.6 is 0 Å². The van der Waals surface area contributed by atoms with Crippen LogP contribution in [0.4, 0.5) is 0 Å². The predicted molar refractivity (Wildman–Crippen MR) is 94.1 cm³/mol. The molecule has 0 amide bonds. The van der Waals surface area contributed by atoms with E-state index in [0.29, 0.717) is 0 Å². The molecule has 0 unspecified atom stereocenters. The first-order valence-electron chi connectivity index (χ1n) is 8.18. The van der Waals surface area contributed by atoms with Crippen LogP contribution in [0.5, 0.6) is 0 Å². The quantitative estimate of drug-likeness (QED) is 0.371. The molecule has 0 spiro atoms. The van der Waals surface area contributed by atoms with Crippen molar-refractivity contribution in [2.75, 3.05) is 0 Å². The summed E-state index contributed by atoms with van der Waals surface area (Å²) in [4.78, 5) is 0. The molecule has 0 saturated carbocycles. The van der Waals surface area contributed by atoms with Crippen molar-refractivity contribution < 1.29 is 0 Å². The fourth-order valence-electron chi connectivity index (χ4n) is 2.04. The van der Waals surface area contributed by atoms with Gasteiger partial charge in [0, 0.05) is 0 Å². The minimum atomic E-state index is 1.15. The Morgan fingerprint density at radius 3 is 1.70 bits per heavy atom. The second-order valence-electron chi connectivity index (χ2n) is 5.73. The van der Waals surface area contributed by atoms with Gasteiger partial charge in [0.25, 0.3) is 0 Å². The van der Waals surface area contributed by atoms with E-state index in [9.17, 15) is 0 Å². The summed E-state index contributed by atoms with van der Waals surface area (Å²) in [5, 5.41) is 0. The molecule has 0 atom stereocenters. The third kappa shape index (κ3) is 12.0. The zero-order valence-electron chi connectivity index (χ0n) is 14.3. The molecule has 0 radical (unpaired) electrons. The van der Waals surface area contributed by atoms with Gasteiger partial charge in [-0.15, -0.1) is 0 Å². The molecule has 20 heavy (non-hydrogen) atoms. The summed E-state index contributed by atoms with van der Waals surface area (Å²) >= 11 is 0. The minimum Gasteiger partial charge on any atom is -0.0888 e. The van der Waals surface area contributed by atoms with Crippen molar-refractivity contribution in [2.45, 2.75) is 79.6 Å². The Balaban J connectivity index is 3.85. The van der Waals surface area contributed by atoms with Gasteiger partial charge in [-0.3, -0.25) is 0 Å². The average Bonchev–Trinajstić information content (AvgIpc) is 2.43. The first-order chi connectivity index (χ1) is 9.60. The van der Waals surface area contributed by atoms with E-state index >= 15 is 0 Å². The van der Waals surface area contributed by atoms with Gasteiger partial charge < -0.3 is 0 Å². The lowest BCUT2D eigenvalue weighted by molar-refractivity contribution is 0.900. The second-order valence-corrected chi connectivity index (χ2v) is 5.73. The lowest BCUT2D eigenvalue weighted by atomic mass is 10.0. The van der Waals surface area contributed by atoms with Gasteiger partial charge in [0.2, 0.25) is 0 Å². The van der Waals surface area contributed by atoms with Crippen LogP contribution in [0.1, 0.15) is 79.6 Å². The monoisotopic (exact) mass is 274 g/mol. The topological polar surface area (TPSA) is 0 Å². The highest BCUT2D eigenvalue weighted by Gasteiger charge is 1.92. The Bertz CT molecular complexity index is 350. The number of rotatable bonds is 10. The van der Waals surface area contributed by atoms with E-state index in [0.717, 1.165) is 6.42 Å². The Hall–Kier alpha value is -1.04. The van der Waals surface area contributed by atoms with Crippen molar-refractivity contribution in [2.24, 2.45) is 0 Å². The third-order valence-electron chi connectivity index (χ3n) is 3.66. The van der Waals surface area contributed by atoms with Gasteiger partial charge in [0.15, 0.2) is 0 Å². The van der Waals surface area contributed by atoms with Gasteiger partial charge in [0.1, 0.15) is 0 Å². The molecule has 0 aromatic carbocycles. The predicted octanol–water partition coefficient (Wildman–Crippen LogP) is 7.15. The van der Waals surface area contributed by atoms with E-state index < -0.39 is 0 Å². The fraction of sp³-hybridized carbons (Fsp3) is 0.600. The highest BCUT2D eigenvalue weighted by atomic mass is 14.0. The Labute approximate surface area is 127 Å². The first-order valence-corrected chi connectivity index (χ1v) is 8.18. The molecule has 0 aromatic heterocycles. The summed E-state index contributed by atoms with van der Waals surface area (Å²) in [6.45, 7) is 11.0. The second kappa shape index (κ2) is 13.0. The van der Waals surface area contributed by atoms with E-state index in [1.165, 1.54) is 55.2 Å². The van der Waals surface area contributed by atoms with Gasteiger partial charge in [0.05, 0.1) is 0 Å². The minimum absolute atomic E-state index is 1.15. The van der Waals surface area contributed by atoms with Crippen LogP contribution in [0.25, 0.3) is 0 Å². The Morgan fingerprint density at radius 1 is 0.700 bits per heavy atom. The van der Waals surface area contributed by atoms with Crippen LogP contribution in [-0.2, 0) is 0 Å². The highest BCUT2D eigenvalue weighted by Crippen LogP contribution is 2.12. The maximum Gasteiger partial charge on any atom is -0.0288 e. The molecule has 0 nitrogen and oxygen atoms in total. The molecule has 0 heterocycles. The van der Waals surface area contributed by atoms with Crippen LogP contribution in [-0.4, -0.2) is 0 Å². The largest absolute Gasteiger partial charge is 0.0888 e. The van der Waals surface area contributed by atoms with Gasteiger partial charge in [-0.1, -0.05) is 54.0 Å². The lowest BCUT2D eigenvalue weighted by Crippen LogP contribution is -1.81. The molecule has 0 aromatic rings. The molecule has 0 saturated heterocycles. The van der Waals surface area contributed by atoms with Crippen molar-refractivity contribution >= 4 is 0 Å². The zero-order chi connectivity index (χ0) is 15.2. The molecule has 0 heteroatoms. The van der Waals surface area contributed by atoms with E-state index in [-0.39, 0.29) is 0 Å². The summed E-state index contributed by atoms with van der Waals surface area (Å²) in [6.07, 6.45) is 19.9. The zero-order valence-corrected chi connectivity index (χ0v) is 14.3. The van der Waals surface area contributed by atoms with E-state index in [1.807, 2.05) is 0 Å². The van der Waals surface area contributed by atoms with Gasteiger partial charge >= 0.3 is 0 Å². The highest BCUT2D eigenvalue weighted by molar-refractivity contribution is 5.06. The molecule has 0 fully saturated rings. The number of hydrogen-bond donors (Lipinski definition) is 0. The number of allylic oxidation sites excluding steroid dienone is 8. The van der Waals surface area contributed by atoms with Gasteiger partial charge in [-0.05, 0) is 72.6 Å². The summed E-state index contributed by atoms with van der Waals surface area (Å²) < 4.78 is 0. The Kier molecular flexibility index (Phi) is 12.3. The van der Waals surface area contributed by atoms with Crippen LogP contribution < -0.4 is 0 Å². The maximum atomic E-state index is 2.41.